The molecule has 6 heteroatoms. The number of benzene rings is 1. The van der Waals surface area contributed by atoms with Crippen molar-refractivity contribution in [3.63, 3.8) is 0 Å². The highest BCUT2D eigenvalue weighted by atomic mass is 35.5. The fourth-order valence-corrected chi connectivity index (χ4v) is 1.52. The van der Waals surface area contributed by atoms with Crippen LogP contribution in [0.4, 0.5) is 0 Å². The van der Waals surface area contributed by atoms with Gasteiger partial charge in [-0.3, -0.25) is 0 Å². The molecule has 0 N–H and O–H groups in total. The lowest BCUT2D eigenvalue weighted by Crippen LogP contribution is -1.95. The molecular weight excluding hydrogens is 254 g/mol. The Morgan fingerprint density at radius 2 is 2.17 bits per heavy atom. The summed E-state index contributed by atoms with van der Waals surface area (Å²) in [4.78, 5) is 7.72. The molecule has 1 aromatic carbocycles. The third-order valence-electron chi connectivity index (χ3n) is 2.11. The van der Waals surface area contributed by atoms with E-state index in [1.807, 2.05) is 6.07 Å². The van der Waals surface area contributed by atoms with Gasteiger partial charge in [-0.1, -0.05) is 17.7 Å². The summed E-state index contributed by atoms with van der Waals surface area (Å²) in [5.41, 5.74) is 0.492. The predicted molar refractivity (Wildman–Crippen MR) is 64.8 cm³/mol. The summed E-state index contributed by atoms with van der Waals surface area (Å²) in [5.74, 6) is 0.927. The number of hydrogen-bond donors (Lipinski definition) is 0. The molecule has 5 nitrogen and oxygen atoms in total. The molecule has 0 saturated heterocycles. The minimum absolute atomic E-state index is 0.166. The number of nitriles is 1. The standard InChI is InChI=1S/C12H8ClN3O2/c1-17-10-11(13)15-7-16-12(10)18-9-4-2-3-8(5-9)6-14/h2-5,7H,1H3. The Hall–Kier alpha value is -2.32. The summed E-state index contributed by atoms with van der Waals surface area (Å²) in [6, 6.07) is 8.71. The number of ether oxygens (including phenoxy) is 2. The quantitative estimate of drug-likeness (QED) is 0.795. The van der Waals surface area contributed by atoms with Crippen LogP contribution in [0.5, 0.6) is 17.4 Å². The van der Waals surface area contributed by atoms with Crippen LogP contribution in [0.1, 0.15) is 5.56 Å². The summed E-state index contributed by atoms with van der Waals surface area (Å²) in [7, 11) is 1.45. The van der Waals surface area contributed by atoms with Crippen LogP contribution < -0.4 is 9.47 Å². The molecule has 1 heterocycles. The van der Waals surface area contributed by atoms with Crippen molar-refractivity contribution in [1.29, 1.82) is 5.26 Å². The molecule has 0 fully saturated rings. The smallest absolute Gasteiger partial charge is 0.267 e. The maximum Gasteiger partial charge on any atom is 0.267 e. The summed E-state index contributed by atoms with van der Waals surface area (Å²) in [6.07, 6.45) is 1.27. The topological polar surface area (TPSA) is 68.0 Å². The van der Waals surface area contributed by atoms with Gasteiger partial charge in [0.05, 0.1) is 18.7 Å². The van der Waals surface area contributed by atoms with Gasteiger partial charge in [-0.15, -0.1) is 0 Å². The van der Waals surface area contributed by atoms with Crippen molar-refractivity contribution in [2.45, 2.75) is 0 Å². The molecule has 18 heavy (non-hydrogen) atoms. The molecule has 2 rings (SSSR count). The Morgan fingerprint density at radius 1 is 1.33 bits per heavy atom. The van der Waals surface area contributed by atoms with Gasteiger partial charge in [-0.25, -0.2) is 4.98 Å². The third kappa shape index (κ3) is 2.50. The van der Waals surface area contributed by atoms with Crippen LogP contribution >= 0.6 is 11.6 Å². The molecular formula is C12H8ClN3O2. The molecule has 0 aliphatic carbocycles. The Kier molecular flexibility index (Phi) is 3.60. The summed E-state index contributed by atoms with van der Waals surface area (Å²) in [5, 5.41) is 8.96. The molecule has 0 radical (unpaired) electrons. The third-order valence-corrected chi connectivity index (χ3v) is 2.38. The molecule has 0 amide bonds. The normalized spacial score (nSPS) is 9.61. The van der Waals surface area contributed by atoms with Crippen LogP contribution in [-0.2, 0) is 0 Å². The molecule has 0 unspecified atom stereocenters. The van der Waals surface area contributed by atoms with E-state index in [1.54, 1.807) is 24.3 Å². The Labute approximate surface area is 109 Å². The van der Waals surface area contributed by atoms with Crippen LogP contribution in [0.2, 0.25) is 5.15 Å². The predicted octanol–water partition coefficient (Wildman–Crippen LogP) is 2.80. The minimum atomic E-state index is 0.166. The van der Waals surface area contributed by atoms with Gasteiger partial charge in [0, 0.05) is 0 Å². The first-order valence-electron chi connectivity index (χ1n) is 4.97. The number of rotatable bonds is 3. The molecule has 1 aromatic heterocycles. The largest absolute Gasteiger partial charge is 0.489 e. The van der Waals surface area contributed by atoms with Crippen molar-refractivity contribution in [3.8, 4) is 23.4 Å². The maximum atomic E-state index is 8.80. The average molecular weight is 262 g/mol. The van der Waals surface area contributed by atoms with E-state index in [2.05, 4.69) is 9.97 Å². The van der Waals surface area contributed by atoms with Crippen molar-refractivity contribution in [2.75, 3.05) is 7.11 Å². The van der Waals surface area contributed by atoms with E-state index in [1.165, 1.54) is 13.4 Å². The lowest BCUT2D eigenvalue weighted by atomic mass is 10.2. The van der Waals surface area contributed by atoms with E-state index in [4.69, 9.17) is 26.3 Å². The van der Waals surface area contributed by atoms with Crippen molar-refractivity contribution in [1.82, 2.24) is 9.97 Å². The molecule has 0 saturated carbocycles. The van der Waals surface area contributed by atoms with Crippen LogP contribution in [0, 0.1) is 11.3 Å². The maximum absolute atomic E-state index is 8.80. The van der Waals surface area contributed by atoms with E-state index in [0.717, 1.165) is 0 Å². The number of aromatic nitrogens is 2. The summed E-state index contributed by atoms with van der Waals surface area (Å²) in [6.45, 7) is 0. The molecule has 0 spiro atoms. The van der Waals surface area contributed by atoms with Gasteiger partial charge in [0.2, 0.25) is 5.75 Å². The second-order valence-electron chi connectivity index (χ2n) is 3.24. The van der Waals surface area contributed by atoms with Crippen molar-refractivity contribution in [3.05, 3.63) is 41.3 Å². The zero-order valence-electron chi connectivity index (χ0n) is 9.42. The van der Waals surface area contributed by atoms with E-state index >= 15 is 0 Å². The van der Waals surface area contributed by atoms with E-state index < -0.39 is 0 Å². The second kappa shape index (κ2) is 5.34. The SMILES string of the molecule is COc1c(Cl)ncnc1Oc1cccc(C#N)c1. The minimum Gasteiger partial charge on any atom is -0.489 e. The summed E-state index contributed by atoms with van der Waals surface area (Å²) < 4.78 is 10.6. The highest BCUT2D eigenvalue weighted by Gasteiger charge is 2.12. The van der Waals surface area contributed by atoms with E-state index in [9.17, 15) is 0 Å². The Balaban J connectivity index is 2.34. The van der Waals surface area contributed by atoms with Gasteiger partial charge in [-0.2, -0.15) is 10.2 Å². The second-order valence-corrected chi connectivity index (χ2v) is 3.60. The van der Waals surface area contributed by atoms with Gasteiger partial charge in [0.25, 0.3) is 5.88 Å². The average Bonchev–Trinajstić information content (AvgIpc) is 2.39. The first-order valence-corrected chi connectivity index (χ1v) is 5.35. The zero-order chi connectivity index (χ0) is 13.0. The number of nitrogens with zero attached hydrogens (tertiary/aromatic N) is 3. The molecule has 0 atom stereocenters. The highest BCUT2D eigenvalue weighted by Crippen LogP contribution is 2.33. The summed E-state index contributed by atoms with van der Waals surface area (Å²) >= 11 is 5.85. The number of halogens is 1. The van der Waals surface area contributed by atoms with Gasteiger partial charge < -0.3 is 9.47 Å². The highest BCUT2D eigenvalue weighted by molar-refractivity contribution is 6.31. The fraction of sp³-hybridized carbons (Fsp3) is 0.0833. The molecule has 0 aliphatic heterocycles. The van der Waals surface area contributed by atoms with E-state index in [-0.39, 0.29) is 16.8 Å². The van der Waals surface area contributed by atoms with Crippen molar-refractivity contribution in [2.24, 2.45) is 0 Å². The first kappa shape index (κ1) is 12.1. The molecule has 0 bridgehead atoms. The van der Waals surface area contributed by atoms with Gasteiger partial charge in [-0.05, 0) is 18.2 Å². The van der Waals surface area contributed by atoms with Crippen molar-refractivity contribution >= 4 is 11.6 Å². The molecule has 0 aliphatic rings. The first-order chi connectivity index (χ1) is 8.74. The van der Waals surface area contributed by atoms with Crippen LogP contribution in [0.3, 0.4) is 0 Å². The Bertz CT molecular complexity index is 611. The van der Waals surface area contributed by atoms with Gasteiger partial charge in [0.1, 0.15) is 12.1 Å². The molecule has 90 valence electrons. The fourth-order valence-electron chi connectivity index (χ4n) is 1.32. The van der Waals surface area contributed by atoms with Crippen LogP contribution in [0.25, 0.3) is 0 Å². The molecule has 2 aromatic rings. The van der Waals surface area contributed by atoms with Crippen LogP contribution in [-0.4, -0.2) is 17.1 Å². The van der Waals surface area contributed by atoms with Crippen molar-refractivity contribution < 1.29 is 9.47 Å². The number of methoxy groups -OCH3 is 1. The van der Waals surface area contributed by atoms with E-state index in [0.29, 0.717) is 11.3 Å². The monoisotopic (exact) mass is 261 g/mol. The lowest BCUT2D eigenvalue weighted by Gasteiger charge is -2.09. The van der Waals surface area contributed by atoms with Crippen LogP contribution in [0.15, 0.2) is 30.6 Å². The number of hydrogen-bond acceptors (Lipinski definition) is 5. The Morgan fingerprint density at radius 3 is 2.89 bits per heavy atom. The lowest BCUT2D eigenvalue weighted by molar-refractivity contribution is 0.367. The van der Waals surface area contributed by atoms with Gasteiger partial charge >= 0.3 is 0 Å². The zero-order valence-corrected chi connectivity index (χ0v) is 10.2. The van der Waals surface area contributed by atoms with Gasteiger partial charge in [0.15, 0.2) is 5.15 Å².